The predicted molar refractivity (Wildman–Crippen MR) is 103 cm³/mol. The Morgan fingerprint density at radius 1 is 1.23 bits per heavy atom. The van der Waals surface area contributed by atoms with Crippen molar-refractivity contribution >= 4 is 16.3 Å². The van der Waals surface area contributed by atoms with E-state index in [9.17, 15) is 33.1 Å². The van der Waals surface area contributed by atoms with Gasteiger partial charge in [-0.1, -0.05) is 6.07 Å². The first-order chi connectivity index (χ1) is 14.7. The number of hydrogen-bond acceptors (Lipinski definition) is 8. The summed E-state index contributed by atoms with van der Waals surface area (Å²) < 4.78 is 46.4. The largest absolute Gasteiger partial charge is 0.486 e. The summed E-state index contributed by atoms with van der Waals surface area (Å²) in [6.45, 7) is -1.80. The number of carbonyl (C=O) groups is 1. The molecule has 1 saturated heterocycles. The molecule has 0 bridgehead atoms. The quantitative estimate of drug-likeness (QED) is 0.612. The Balaban J connectivity index is 1.93. The van der Waals surface area contributed by atoms with E-state index in [1.807, 2.05) is 0 Å². The molecule has 3 rings (SSSR count). The third kappa shape index (κ3) is 4.13. The summed E-state index contributed by atoms with van der Waals surface area (Å²) in [7, 11) is -4.30. The topological polar surface area (TPSA) is 152 Å². The summed E-state index contributed by atoms with van der Waals surface area (Å²) in [6, 6.07) is 10.2. The van der Waals surface area contributed by atoms with E-state index in [-0.39, 0.29) is 27.3 Å². The van der Waals surface area contributed by atoms with Crippen molar-refractivity contribution in [1.82, 2.24) is 4.31 Å². The summed E-state index contributed by atoms with van der Waals surface area (Å²) in [5, 5.41) is 38.5. The van der Waals surface area contributed by atoms with Crippen LogP contribution < -0.4 is 4.74 Å². The van der Waals surface area contributed by atoms with Crippen molar-refractivity contribution in [2.24, 2.45) is 0 Å². The van der Waals surface area contributed by atoms with Crippen molar-refractivity contribution in [1.29, 1.82) is 10.5 Å². The van der Waals surface area contributed by atoms with Gasteiger partial charge in [-0.25, -0.2) is 12.8 Å². The van der Waals surface area contributed by atoms with Crippen molar-refractivity contribution in [3.05, 3.63) is 58.9 Å². The zero-order valence-electron chi connectivity index (χ0n) is 15.9. The fourth-order valence-electron chi connectivity index (χ4n) is 3.20. The van der Waals surface area contributed by atoms with E-state index in [0.29, 0.717) is 6.29 Å². The Kier molecular flexibility index (Phi) is 6.06. The minimum Gasteiger partial charge on any atom is -0.486 e. The molecular formula is C20H16FN3O6S. The van der Waals surface area contributed by atoms with Gasteiger partial charge in [-0.2, -0.15) is 14.8 Å². The van der Waals surface area contributed by atoms with Gasteiger partial charge >= 0.3 is 0 Å². The molecule has 11 heteroatoms. The second kappa shape index (κ2) is 8.41. The average molecular weight is 445 g/mol. The zero-order chi connectivity index (χ0) is 22.8. The van der Waals surface area contributed by atoms with Crippen molar-refractivity contribution in [2.45, 2.75) is 16.6 Å². The van der Waals surface area contributed by atoms with Gasteiger partial charge in [0.2, 0.25) is 10.0 Å². The van der Waals surface area contributed by atoms with Crippen molar-refractivity contribution < 1.29 is 32.6 Å². The summed E-state index contributed by atoms with van der Waals surface area (Å²) in [5.74, 6) is -0.926. The average Bonchev–Trinajstić information content (AvgIpc) is 3.11. The monoisotopic (exact) mass is 445 g/mol. The zero-order valence-corrected chi connectivity index (χ0v) is 16.7. The van der Waals surface area contributed by atoms with E-state index in [4.69, 9.17) is 10.00 Å². The Bertz CT molecular complexity index is 1220. The molecule has 0 aliphatic carbocycles. The smallest absolute Gasteiger partial charge is 0.244 e. The summed E-state index contributed by atoms with van der Waals surface area (Å²) >= 11 is 0. The number of carbonyl (C=O) groups excluding carboxylic acids is 1. The molecule has 2 atom stereocenters. The molecule has 9 nitrogen and oxygen atoms in total. The first-order valence-electron chi connectivity index (χ1n) is 8.87. The van der Waals surface area contributed by atoms with Crippen LogP contribution in [0.25, 0.3) is 0 Å². The number of nitriles is 2. The molecule has 31 heavy (non-hydrogen) atoms. The number of β-amino-alcohol motifs (C(OH)–C–C–N with tert-alkyl or cyclic N) is 1. The molecule has 1 aliphatic rings. The molecule has 1 heterocycles. The summed E-state index contributed by atoms with van der Waals surface area (Å²) in [4.78, 5) is 10.5. The Hall–Kier alpha value is -3.35. The van der Waals surface area contributed by atoms with Gasteiger partial charge in [0.1, 0.15) is 41.7 Å². The molecule has 2 N–H and O–H groups in total. The highest BCUT2D eigenvalue weighted by Crippen LogP contribution is 2.32. The lowest BCUT2D eigenvalue weighted by Crippen LogP contribution is -2.48. The number of halogens is 1. The van der Waals surface area contributed by atoms with Crippen LogP contribution in [0.3, 0.4) is 0 Å². The van der Waals surface area contributed by atoms with Crippen molar-refractivity contribution in [3.8, 4) is 17.9 Å². The minimum absolute atomic E-state index is 0.0688. The number of aliphatic hydroxyl groups is 2. The molecule has 0 saturated carbocycles. The normalized spacial score (nSPS) is 21.3. The van der Waals surface area contributed by atoms with Crippen LogP contribution in [-0.4, -0.2) is 60.6 Å². The number of nitrogens with zero attached hydrogens (tertiary/aromatic N) is 3. The van der Waals surface area contributed by atoms with Crippen LogP contribution in [0.15, 0.2) is 41.3 Å². The van der Waals surface area contributed by atoms with E-state index < -0.39 is 47.2 Å². The number of benzene rings is 2. The third-order valence-corrected chi connectivity index (χ3v) is 6.78. The van der Waals surface area contributed by atoms with Gasteiger partial charge in [-0.05, 0) is 24.3 Å². The number of ether oxygens (including phenoxy) is 1. The van der Waals surface area contributed by atoms with E-state index in [2.05, 4.69) is 0 Å². The molecular weight excluding hydrogens is 429 g/mol. The van der Waals surface area contributed by atoms with Gasteiger partial charge in [0, 0.05) is 18.2 Å². The fourth-order valence-corrected chi connectivity index (χ4v) is 4.83. The second-order valence-electron chi connectivity index (χ2n) is 6.90. The van der Waals surface area contributed by atoms with Crippen LogP contribution in [0.4, 0.5) is 4.39 Å². The van der Waals surface area contributed by atoms with Gasteiger partial charge in [-0.15, -0.1) is 0 Å². The van der Waals surface area contributed by atoms with E-state index >= 15 is 0 Å². The van der Waals surface area contributed by atoms with E-state index in [0.717, 1.165) is 22.5 Å². The first-order valence-corrected chi connectivity index (χ1v) is 10.3. The summed E-state index contributed by atoms with van der Waals surface area (Å²) in [5.41, 5.74) is -2.36. The maximum atomic E-state index is 13.9. The van der Waals surface area contributed by atoms with Crippen LogP contribution >= 0.6 is 0 Å². The van der Waals surface area contributed by atoms with Crippen LogP contribution in [-0.2, 0) is 10.0 Å². The van der Waals surface area contributed by atoms with Crippen LogP contribution in [0.2, 0.25) is 0 Å². The fraction of sp³-hybridized carbons (Fsp3) is 0.250. The molecule has 0 spiro atoms. The van der Waals surface area contributed by atoms with E-state index in [1.54, 1.807) is 12.1 Å². The van der Waals surface area contributed by atoms with Crippen LogP contribution in [0.5, 0.6) is 5.75 Å². The number of hydrogen-bond donors (Lipinski definition) is 2. The molecule has 0 radical (unpaired) electrons. The maximum absolute atomic E-state index is 13.9. The Morgan fingerprint density at radius 3 is 2.52 bits per heavy atom. The van der Waals surface area contributed by atoms with E-state index in [1.165, 1.54) is 18.2 Å². The first kappa shape index (κ1) is 22.3. The highest BCUT2D eigenvalue weighted by Gasteiger charge is 2.51. The maximum Gasteiger partial charge on any atom is 0.244 e. The lowest BCUT2D eigenvalue weighted by atomic mass is 10.0. The van der Waals surface area contributed by atoms with Crippen molar-refractivity contribution in [3.63, 3.8) is 0 Å². The molecule has 2 aromatic carbocycles. The second-order valence-corrected chi connectivity index (χ2v) is 8.81. The lowest BCUT2D eigenvalue weighted by molar-refractivity contribution is -0.0641. The molecule has 1 fully saturated rings. The van der Waals surface area contributed by atoms with Gasteiger partial charge in [-0.3, -0.25) is 4.79 Å². The van der Waals surface area contributed by atoms with Gasteiger partial charge in [0.15, 0.2) is 0 Å². The van der Waals surface area contributed by atoms with Crippen LogP contribution in [0.1, 0.15) is 21.5 Å². The molecule has 2 aromatic rings. The Labute approximate surface area is 177 Å². The predicted octanol–water partition coefficient (Wildman–Crippen LogP) is 0.557. The Morgan fingerprint density at radius 2 is 1.94 bits per heavy atom. The van der Waals surface area contributed by atoms with Crippen molar-refractivity contribution in [2.75, 3.05) is 19.7 Å². The highest BCUT2D eigenvalue weighted by atomic mass is 32.2. The molecule has 0 amide bonds. The number of aldehydes is 1. The highest BCUT2D eigenvalue weighted by molar-refractivity contribution is 7.89. The van der Waals surface area contributed by atoms with Crippen LogP contribution in [0, 0.1) is 28.5 Å². The standard InChI is InChI=1S/C20H16FN3O6S/c21-17-6-16(3-2-14(17)7-22)30-19-9-24(11-20(19,27)12-26)31(28,29)18-4-1-13(10-25)5-15(18)8-23/h1-6,10,19,26-27H,9,11-12H2/t19-,20-/m0/s1. The molecule has 0 unspecified atom stereocenters. The number of rotatable bonds is 6. The molecule has 0 aromatic heterocycles. The molecule has 160 valence electrons. The molecule has 1 aliphatic heterocycles. The minimum atomic E-state index is -4.30. The SMILES string of the molecule is N#Cc1ccc(O[C@H]2CN(S(=O)(=O)c3ccc(C=O)cc3C#N)C[C@]2(O)CO)cc1F. The number of sulfonamides is 1. The van der Waals surface area contributed by atoms with Gasteiger partial charge in [0.25, 0.3) is 0 Å². The van der Waals surface area contributed by atoms with Gasteiger partial charge in [0.05, 0.1) is 29.2 Å². The third-order valence-electron chi connectivity index (χ3n) is 4.91. The lowest BCUT2D eigenvalue weighted by Gasteiger charge is -2.27. The summed E-state index contributed by atoms with van der Waals surface area (Å²) in [6.07, 6.45) is -0.794. The number of aliphatic hydroxyl groups excluding tert-OH is 1. The van der Waals surface area contributed by atoms with Gasteiger partial charge < -0.3 is 14.9 Å².